The van der Waals surface area contributed by atoms with Crippen LogP contribution in [0.1, 0.15) is 17.7 Å². The SMILES string of the molecule is Cc1ncc(C(F)F)c(Br)c1F. The lowest BCUT2D eigenvalue weighted by atomic mass is 10.2. The van der Waals surface area contributed by atoms with Crippen molar-refractivity contribution in [1.82, 2.24) is 4.98 Å². The lowest BCUT2D eigenvalue weighted by Gasteiger charge is -2.04. The van der Waals surface area contributed by atoms with Gasteiger partial charge < -0.3 is 0 Å². The van der Waals surface area contributed by atoms with E-state index in [2.05, 4.69) is 20.9 Å². The molecule has 0 saturated carbocycles. The fraction of sp³-hybridized carbons (Fsp3) is 0.286. The normalized spacial score (nSPS) is 10.8. The molecule has 5 heteroatoms. The molecule has 0 aliphatic heterocycles. The van der Waals surface area contributed by atoms with Gasteiger partial charge in [0.1, 0.15) is 0 Å². The summed E-state index contributed by atoms with van der Waals surface area (Å²) >= 11 is 2.74. The highest BCUT2D eigenvalue weighted by molar-refractivity contribution is 9.10. The monoisotopic (exact) mass is 239 g/mol. The lowest BCUT2D eigenvalue weighted by Crippen LogP contribution is -1.95. The summed E-state index contributed by atoms with van der Waals surface area (Å²) in [5.74, 6) is -0.729. The maximum absolute atomic E-state index is 12.9. The van der Waals surface area contributed by atoms with Crippen molar-refractivity contribution >= 4 is 15.9 Å². The summed E-state index contributed by atoms with van der Waals surface area (Å²) in [4.78, 5) is 3.48. The van der Waals surface area contributed by atoms with Crippen LogP contribution in [0, 0.1) is 12.7 Å². The van der Waals surface area contributed by atoms with Gasteiger partial charge in [0.15, 0.2) is 5.82 Å². The van der Waals surface area contributed by atoms with E-state index in [1.807, 2.05) is 0 Å². The van der Waals surface area contributed by atoms with E-state index in [-0.39, 0.29) is 10.2 Å². The number of aryl methyl sites for hydroxylation is 1. The molecule has 0 spiro atoms. The van der Waals surface area contributed by atoms with Crippen molar-refractivity contribution in [3.63, 3.8) is 0 Å². The standard InChI is InChI=1S/C7H5BrF3N/c1-3-6(9)5(8)4(2-12-3)7(10)11/h2,7H,1H3. The molecule has 0 unspecified atom stereocenters. The predicted molar refractivity (Wildman–Crippen MR) is 41.6 cm³/mol. The maximum atomic E-state index is 12.9. The zero-order valence-electron chi connectivity index (χ0n) is 6.11. The van der Waals surface area contributed by atoms with Gasteiger partial charge in [-0.1, -0.05) is 0 Å². The summed E-state index contributed by atoms with van der Waals surface area (Å²) in [5.41, 5.74) is -0.315. The van der Waals surface area contributed by atoms with Crippen LogP contribution >= 0.6 is 15.9 Å². The molecule has 0 aliphatic rings. The van der Waals surface area contributed by atoms with Crippen LogP contribution in [0.2, 0.25) is 0 Å². The van der Waals surface area contributed by atoms with Gasteiger partial charge in [-0.2, -0.15) is 0 Å². The summed E-state index contributed by atoms with van der Waals surface area (Å²) in [6.07, 6.45) is -1.74. The van der Waals surface area contributed by atoms with Crippen LogP contribution in [0.4, 0.5) is 13.2 Å². The second-order valence-corrected chi connectivity index (χ2v) is 3.02. The molecule has 0 fully saturated rings. The highest BCUT2D eigenvalue weighted by Gasteiger charge is 2.16. The number of rotatable bonds is 1. The molecule has 0 atom stereocenters. The average molecular weight is 240 g/mol. The molecule has 0 radical (unpaired) electrons. The van der Waals surface area contributed by atoms with Gasteiger partial charge in [-0.3, -0.25) is 4.98 Å². The number of pyridine rings is 1. The van der Waals surface area contributed by atoms with Crippen LogP contribution < -0.4 is 0 Å². The molecule has 1 aromatic rings. The second kappa shape index (κ2) is 3.43. The first kappa shape index (κ1) is 9.51. The number of aromatic nitrogens is 1. The molecular formula is C7H5BrF3N. The van der Waals surface area contributed by atoms with Crippen molar-refractivity contribution < 1.29 is 13.2 Å². The van der Waals surface area contributed by atoms with Gasteiger partial charge >= 0.3 is 0 Å². The zero-order valence-corrected chi connectivity index (χ0v) is 7.70. The van der Waals surface area contributed by atoms with Crippen LogP contribution in [0.5, 0.6) is 0 Å². The molecular weight excluding hydrogens is 235 g/mol. The molecule has 1 aromatic heterocycles. The van der Waals surface area contributed by atoms with Gasteiger partial charge in [-0.25, -0.2) is 13.2 Å². The Morgan fingerprint density at radius 1 is 1.50 bits per heavy atom. The first-order chi connectivity index (χ1) is 5.54. The van der Waals surface area contributed by atoms with Crippen LogP contribution in [-0.4, -0.2) is 4.98 Å². The van der Waals surface area contributed by atoms with Gasteiger partial charge in [0, 0.05) is 6.20 Å². The molecule has 0 amide bonds. The first-order valence-corrected chi connectivity index (χ1v) is 3.92. The fourth-order valence-electron chi connectivity index (χ4n) is 0.717. The topological polar surface area (TPSA) is 12.9 Å². The van der Waals surface area contributed by atoms with Crippen molar-refractivity contribution in [2.24, 2.45) is 0 Å². The van der Waals surface area contributed by atoms with Crippen molar-refractivity contribution in [2.75, 3.05) is 0 Å². The third kappa shape index (κ3) is 1.60. The van der Waals surface area contributed by atoms with E-state index < -0.39 is 17.8 Å². The molecule has 0 aliphatic carbocycles. The van der Waals surface area contributed by atoms with E-state index in [1.165, 1.54) is 6.92 Å². The molecule has 0 N–H and O–H groups in total. The van der Waals surface area contributed by atoms with Crippen LogP contribution in [0.3, 0.4) is 0 Å². The third-order valence-corrected chi connectivity index (χ3v) is 2.20. The third-order valence-electron chi connectivity index (χ3n) is 1.40. The van der Waals surface area contributed by atoms with Gasteiger partial charge in [0.25, 0.3) is 6.43 Å². The fourth-order valence-corrected chi connectivity index (χ4v) is 1.28. The molecule has 1 nitrogen and oxygen atoms in total. The van der Waals surface area contributed by atoms with Gasteiger partial charge in [0.05, 0.1) is 15.7 Å². The highest BCUT2D eigenvalue weighted by atomic mass is 79.9. The highest BCUT2D eigenvalue weighted by Crippen LogP contribution is 2.29. The van der Waals surface area contributed by atoms with E-state index in [9.17, 15) is 13.2 Å². The minimum atomic E-state index is -2.71. The number of alkyl halides is 2. The Labute approximate surface area is 75.7 Å². The van der Waals surface area contributed by atoms with Crippen molar-refractivity contribution in [1.29, 1.82) is 0 Å². The lowest BCUT2D eigenvalue weighted by molar-refractivity contribution is 0.149. The summed E-state index contributed by atoms with van der Waals surface area (Å²) < 4.78 is 36.9. The number of halogens is 4. The summed E-state index contributed by atoms with van der Waals surface area (Å²) in [5, 5.41) is 0. The van der Waals surface area contributed by atoms with Gasteiger partial charge in [-0.05, 0) is 22.9 Å². The van der Waals surface area contributed by atoms with Gasteiger partial charge in [-0.15, -0.1) is 0 Å². The van der Waals surface area contributed by atoms with Gasteiger partial charge in [0.2, 0.25) is 0 Å². The number of nitrogens with zero attached hydrogens (tertiary/aromatic N) is 1. The Morgan fingerprint density at radius 3 is 2.58 bits per heavy atom. The van der Waals surface area contributed by atoms with E-state index in [0.717, 1.165) is 6.20 Å². The second-order valence-electron chi connectivity index (χ2n) is 2.23. The Kier molecular flexibility index (Phi) is 2.72. The number of hydrogen-bond donors (Lipinski definition) is 0. The van der Waals surface area contributed by atoms with Crippen LogP contribution in [0.15, 0.2) is 10.7 Å². The summed E-state index contributed by atoms with van der Waals surface area (Å²) in [6.45, 7) is 1.41. The molecule has 1 rings (SSSR count). The minimum Gasteiger partial charge on any atom is -0.258 e. The largest absolute Gasteiger partial charge is 0.266 e. The van der Waals surface area contributed by atoms with E-state index in [1.54, 1.807) is 0 Å². The van der Waals surface area contributed by atoms with Crippen molar-refractivity contribution in [2.45, 2.75) is 13.3 Å². The van der Waals surface area contributed by atoms with Crippen LogP contribution in [0.25, 0.3) is 0 Å². The van der Waals surface area contributed by atoms with E-state index >= 15 is 0 Å². The van der Waals surface area contributed by atoms with Crippen molar-refractivity contribution in [3.05, 3.63) is 27.7 Å². The molecule has 66 valence electrons. The Balaban J connectivity index is 3.27. The molecule has 12 heavy (non-hydrogen) atoms. The Hall–Kier alpha value is -0.580. The average Bonchev–Trinajstić information content (AvgIpc) is 2.00. The van der Waals surface area contributed by atoms with Crippen LogP contribution in [-0.2, 0) is 0 Å². The molecule has 0 saturated heterocycles. The summed E-state index contributed by atoms with van der Waals surface area (Å²) in [6, 6.07) is 0. The predicted octanol–water partition coefficient (Wildman–Crippen LogP) is 3.23. The molecule has 0 bridgehead atoms. The quantitative estimate of drug-likeness (QED) is 0.734. The Bertz CT molecular complexity index is 301. The summed E-state index contributed by atoms with van der Waals surface area (Å²) in [7, 11) is 0. The maximum Gasteiger partial charge on any atom is 0.266 e. The molecule has 0 aromatic carbocycles. The Morgan fingerprint density at radius 2 is 2.08 bits per heavy atom. The van der Waals surface area contributed by atoms with Crippen molar-refractivity contribution in [3.8, 4) is 0 Å². The smallest absolute Gasteiger partial charge is 0.258 e. The first-order valence-electron chi connectivity index (χ1n) is 3.12. The minimum absolute atomic E-state index is 0.103. The van der Waals surface area contributed by atoms with E-state index in [4.69, 9.17) is 0 Å². The van der Waals surface area contributed by atoms with E-state index in [0.29, 0.717) is 0 Å². The molecule has 1 heterocycles. The zero-order chi connectivity index (χ0) is 9.30. The number of hydrogen-bond acceptors (Lipinski definition) is 1.